The highest BCUT2D eigenvalue weighted by Crippen LogP contribution is 2.22. The molecule has 0 spiro atoms. The molecule has 0 radical (unpaired) electrons. The van der Waals surface area contributed by atoms with Gasteiger partial charge in [0.1, 0.15) is 4.92 Å². The highest BCUT2D eigenvalue weighted by atomic mass is 19.1. The van der Waals surface area contributed by atoms with Gasteiger partial charge in [-0.1, -0.05) is 6.07 Å². The van der Waals surface area contributed by atoms with Gasteiger partial charge in [-0.05, 0) is 30.7 Å². The quantitative estimate of drug-likeness (QED) is 0.677. The third-order valence-corrected chi connectivity index (χ3v) is 3.02. The normalized spacial score (nSPS) is 11.8. The van der Waals surface area contributed by atoms with Crippen LogP contribution >= 0.6 is 0 Å². The number of carbonyl (C=O) groups excluding carboxylic acids is 1. The first-order chi connectivity index (χ1) is 10.4. The molecule has 1 N–H and O–H groups in total. The molecule has 1 aromatic carbocycles. The molecule has 116 valence electrons. The van der Waals surface area contributed by atoms with Crippen molar-refractivity contribution in [1.29, 1.82) is 0 Å². The van der Waals surface area contributed by atoms with Crippen molar-refractivity contribution in [3.8, 4) is 5.75 Å². The van der Waals surface area contributed by atoms with Gasteiger partial charge in [-0.25, -0.2) is 4.39 Å². The number of ether oxygens (including phenoxy) is 1. The molecule has 2 rings (SSSR count). The first kappa shape index (κ1) is 15.5. The predicted molar refractivity (Wildman–Crippen MR) is 74.2 cm³/mol. The smallest absolute Gasteiger partial charge is 0.433 e. The van der Waals surface area contributed by atoms with E-state index in [-0.39, 0.29) is 11.5 Å². The van der Waals surface area contributed by atoms with Crippen LogP contribution in [0.1, 0.15) is 29.1 Å². The van der Waals surface area contributed by atoms with Crippen molar-refractivity contribution in [1.82, 2.24) is 5.32 Å². The van der Waals surface area contributed by atoms with E-state index in [0.717, 1.165) is 6.07 Å². The van der Waals surface area contributed by atoms with E-state index in [1.807, 2.05) is 0 Å². The van der Waals surface area contributed by atoms with Gasteiger partial charge in [-0.3, -0.25) is 14.9 Å². The standard InChI is InChI=1S/C14H13FN2O5/c1-8(9-3-4-11(21-2)10(15)7-9)16-14(18)12-5-6-13(22-12)17(19)20/h3-8H,1-2H3,(H,16,18)/t8-/m0/s1. The van der Waals surface area contributed by atoms with Crippen molar-refractivity contribution in [2.24, 2.45) is 0 Å². The molecule has 22 heavy (non-hydrogen) atoms. The Morgan fingerprint density at radius 3 is 2.68 bits per heavy atom. The third-order valence-electron chi connectivity index (χ3n) is 3.02. The number of benzene rings is 1. The largest absolute Gasteiger partial charge is 0.494 e. The van der Waals surface area contributed by atoms with E-state index in [2.05, 4.69) is 5.32 Å². The predicted octanol–water partition coefficient (Wildman–Crippen LogP) is 2.83. The van der Waals surface area contributed by atoms with Gasteiger partial charge in [0.05, 0.1) is 19.2 Å². The summed E-state index contributed by atoms with van der Waals surface area (Å²) in [5.74, 6) is -1.78. The van der Waals surface area contributed by atoms with Crippen molar-refractivity contribution >= 4 is 11.8 Å². The summed E-state index contributed by atoms with van der Waals surface area (Å²) in [6.45, 7) is 1.65. The van der Waals surface area contributed by atoms with E-state index < -0.39 is 28.6 Å². The van der Waals surface area contributed by atoms with E-state index in [0.29, 0.717) is 5.56 Å². The van der Waals surface area contributed by atoms with E-state index in [1.165, 1.54) is 25.3 Å². The minimum Gasteiger partial charge on any atom is -0.494 e. The monoisotopic (exact) mass is 308 g/mol. The van der Waals surface area contributed by atoms with Crippen LogP contribution in [0.15, 0.2) is 34.7 Å². The molecule has 0 aliphatic rings. The van der Waals surface area contributed by atoms with Crippen molar-refractivity contribution in [2.45, 2.75) is 13.0 Å². The molecule has 0 saturated heterocycles. The van der Waals surface area contributed by atoms with Crippen molar-refractivity contribution in [3.05, 3.63) is 57.6 Å². The second-order valence-corrected chi connectivity index (χ2v) is 4.48. The van der Waals surface area contributed by atoms with Crippen molar-refractivity contribution in [3.63, 3.8) is 0 Å². The highest BCUT2D eigenvalue weighted by molar-refractivity contribution is 5.91. The molecule has 1 atom stereocenters. The van der Waals surface area contributed by atoms with Gasteiger partial charge in [0.2, 0.25) is 0 Å². The third kappa shape index (κ3) is 3.22. The minimum absolute atomic E-state index is 0.101. The Hall–Kier alpha value is -2.90. The minimum atomic E-state index is -0.737. The first-order valence-electron chi connectivity index (χ1n) is 6.31. The van der Waals surface area contributed by atoms with Gasteiger partial charge in [0, 0.05) is 0 Å². The lowest BCUT2D eigenvalue weighted by Gasteiger charge is -2.14. The van der Waals surface area contributed by atoms with Gasteiger partial charge in [0.15, 0.2) is 17.3 Å². The zero-order valence-corrected chi connectivity index (χ0v) is 11.8. The second-order valence-electron chi connectivity index (χ2n) is 4.48. The molecule has 0 unspecified atom stereocenters. The lowest BCUT2D eigenvalue weighted by molar-refractivity contribution is -0.402. The fourth-order valence-electron chi connectivity index (χ4n) is 1.85. The second kappa shape index (κ2) is 6.25. The number of halogens is 1. The number of nitro groups is 1. The number of carbonyl (C=O) groups is 1. The van der Waals surface area contributed by atoms with Crippen LogP contribution in [0.25, 0.3) is 0 Å². The average molecular weight is 308 g/mol. The maximum Gasteiger partial charge on any atom is 0.433 e. The summed E-state index contributed by atoms with van der Waals surface area (Å²) in [6, 6.07) is 6.08. The fraction of sp³-hybridized carbons (Fsp3) is 0.214. The Morgan fingerprint density at radius 1 is 1.41 bits per heavy atom. The summed E-state index contributed by atoms with van der Waals surface area (Å²) in [7, 11) is 1.35. The molecule has 0 saturated carbocycles. The summed E-state index contributed by atoms with van der Waals surface area (Å²) in [6.07, 6.45) is 0. The SMILES string of the molecule is COc1ccc([C@H](C)NC(=O)c2ccc([N+](=O)[O-])o2)cc1F. The van der Waals surface area contributed by atoms with E-state index in [4.69, 9.17) is 9.15 Å². The van der Waals surface area contributed by atoms with Crippen LogP contribution in [0.2, 0.25) is 0 Å². The van der Waals surface area contributed by atoms with Gasteiger partial charge in [-0.2, -0.15) is 0 Å². The summed E-state index contributed by atoms with van der Waals surface area (Å²) >= 11 is 0. The molecule has 2 aromatic rings. The van der Waals surface area contributed by atoms with E-state index >= 15 is 0 Å². The molecule has 0 bridgehead atoms. The molecular weight excluding hydrogens is 295 g/mol. The molecule has 7 nitrogen and oxygen atoms in total. The lowest BCUT2D eigenvalue weighted by Crippen LogP contribution is -2.26. The van der Waals surface area contributed by atoms with Crippen molar-refractivity contribution in [2.75, 3.05) is 7.11 Å². The number of nitrogens with one attached hydrogen (secondary N) is 1. The maximum absolute atomic E-state index is 13.6. The summed E-state index contributed by atoms with van der Waals surface area (Å²) in [5.41, 5.74) is 0.521. The number of nitrogens with zero attached hydrogens (tertiary/aromatic N) is 1. The van der Waals surface area contributed by atoms with Gasteiger partial charge >= 0.3 is 5.88 Å². The van der Waals surface area contributed by atoms with Gasteiger partial charge < -0.3 is 14.5 Å². The first-order valence-corrected chi connectivity index (χ1v) is 6.31. The molecule has 0 aliphatic carbocycles. The molecule has 1 amide bonds. The fourth-order valence-corrected chi connectivity index (χ4v) is 1.85. The molecule has 8 heteroatoms. The molecule has 0 aliphatic heterocycles. The maximum atomic E-state index is 13.6. The summed E-state index contributed by atoms with van der Waals surface area (Å²) in [5, 5.41) is 13.1. The number of hydrogen-bond donors (Lipinski definition) is 1. The average Bonchev–Trinajstić information content (AvgIpc) is 2.97. The van der Waals surface area contributed by atoms with Gasteiger partial charge in [0.25, 0.3) is 5.91 Å². The number of hydrogen-bond acceptors (Lipinski definition) is 5. The Labute approximate surface area is 124 Å². The van der Waals surface area contributed by atoms with Crippen LogP contribution in [-0.4, -0.2) is 17.9 Å². The number of methoxy groups -OCH3 is 1. The van der Waals surface area contributed by atoms with Crippen LogP contribution in [0.5, 0.6) is 5.75 Å². The Kier molecular flexibility index (Phi) is 4.40. The van der Waals surface area contributed by atoms with E-state index in [9.17, 15) is 19.3 Å². The molecule has 1 heterocycles. The number of amides is 1. The van der Waals surface area contributed by atoms with E-state index in [1.54, 1.807) is 13.0 Å². The van der Waals surface area contributed by atoms with Crippen LogP contribution in [0, 0.1) is 15.9 Å². The van der Waals surface area contributed by atoms with Crippen LogP contribution < -0.4 is 10.1 Å². The Bertz CT molecular complexity index is 713. The van der Waals surface area contributed by atoms with Gasteiger partial charge in [-0.15, -0.1) is 0 Å². The Morgan fingerprint density at radius 2 is 2.14 bits per heavy atom. The van der Waals surface area contributed by atoms with Crippen LogP contribution in [0.3, 0.4) is 0 Å². The highest BCUT2D eigenvalue weighted by Gasteiger charge is 2.19. The topological polar surface area (TPSA) is 94.6 Å². The Balaban J connectivity index is 2.10. The molecule has 0 fully saturated rings. The van der Waals surface area contributed by atoms with Crippen molar-refractivity contribution < 1.29 is 23.3 Å². The lowest BCUT2D eigenvalue weighted by atomic mass is 10.1. The zero-order valence-electron chi connectivity index (χ0n) is 11.8. The molecular formula is C14H13FN2O5. The summed E-state index contributed by atoms with van der Waals surface area (Å²) < 4.78 is 23.2. The number of furan rings is 1. The van der Waals surface area contributed by atoms with Crippen LogP contribution in [-0.2, 0) is 0 Å². The summed E-state index contributed by atoms with van der Waals surface area (Å²) in [4.78, 5) is 21.7. The zero-order chi connectivity index (χ0) is 16.3. The molecule has 1 aromatic heterocycles. The number of rotatable bonds is 5. The van der Waals surface area contributed by atoms with Crippen LogP contribution in [0.4, 0.5) is 10.3 Å².